The van der Waals surface area contributed by atoms with Crippen molar-refractivity contribution in [3.63, 3.8) is 0 Å². The van der Waals surface area contributed by atoms with Crippen LogP contribution >= 0.6 is 0 Å². The summed E-state index contributed by atoms with van der Waals surface area (Å²) >= 11 is 0. The van der Waals surface area contributed by atoms with Crippen molar-refractivity contribution in [3.05, 3.63) is 30.1 Å². The highest BCUT2D eigenvalue weighted by atomic mass is 19.1. The van der Waals surface area contributed by atoms with Crippen LogP contribution in [0, 0.1) is 5.82 Å². The molecular formula is C17H23FN4O2. The lowest BCUT2D eigenvalue weighted by Crippen LogP contribution is -2.49. The summed E-state index contributed by atoms with van der Waals surface area (Å²) in [5.41, 5.74) is 0.213. The first-order valence-electron chi connectivity index (χ1n) is 8.24. The van der Waals surface area contributed by atoms with Gasteiger partial charge in [0.05, 0.1) is 0 Å². The molecule has 1 N–H and O–H groups in total. The molecule has 0 radical (unpaired) electrons. The van der Waals surface area contributed by atoms with Gasteiger partial charge in [-0.15, -0.1) is 0 Å². The molecule has 2 aliphatic rings. The van der Waals surface area contributed by atoms with Gasteiger partial charge >= 0.3 is 6.03 Å². The molecule has 0 bridgehead atoms. The lowest BCUT2D eigenvalue weighted by atomic mass is 10.1. The van der Waals surface area contributed by atoms with Crippen molar-refractivity contribution in [2.75, 3.05) is 44.2 Å². The molecule has 24 heavy (non-hydrogen) atoms. The zero-order valence-electron chi connectivity index (χ0n) is 14.1. The zero-order chi connectivity index (χ0) is 17.3. The van der Waals surface area contributed by atoms with Gasteiger partial charge in [0.1, 0.15) is 11.4 Å². The molecule has 2 aliphatic heterocycles. The third-order valence-electron chi connectivity index (χ3n) is 4.65. The van der Waals surface area contributed by atoms with Gasteiger partial charge in [-0.05, 0) is 38.1 Å². The van der Waals surface area contributed by atoms with Gasteiger partial charge in [0.2, 0.25) is 0 Å². The maximum atomic E-state index is 13.0. The van der Waals surface area contributed by atoms with Crippen molar-refractivity contribution in [1.29, 1.82) is 0 Å². The van der Waals surface area contributed by atoms with Crippen molar-refractivity contribution >= 4 is 17.6 Å². The Bertz CT molecular complexity index is 624. The van der Waals surface area contributed by atoms with Crippen LogP contribution < -0.4 is 10.2 Å². The summed E-state index contributed by atoms with van der Waals surface area (Å²) in [5, 5.41) is 2.69. The van der Waals surface area contributed by atoms with Crippen LogP contribution in [0.3, 0.4) is 0 Å². The van der Waals surface area contributed by atoms with Crippen LogP contribution in [-0.4, -0.2) is 66.5 Å². The molecule has 0 spiro atoms. The molecule has 7 heteroatoms. The highest BCUT2D eigenvalue weighted by Gasteiger charge is 2.44. The maximum absolute atomic E-state index is 13.0. The molecule has 2 saturated heterocycles. The van der Waals surface area contributed by atoms with Gasteiger partial charge in [-0.3, -0.25) is 14.6 Å². The first-order valence-corrected chi connectivity index (χ1v) is 8.24. The minimum atomic E-state index is -0.807. The van der Waals surface area contributed by atoms with Gasteiger partial charge in [-0.2, -0.15) is 0 Å². The van der Waals surface area contributed by atoms with Gasteiger partial charge in [0, 0.05) is 45.0 Å². The molecule has 2 fully saturated rings. The van der Waals surface area contributed by atoms with Crippen LogP contribution in [0.15, 0.2) is 24.3 Å². The predicted octanol–water partition coefficient (Wildman–Crippen LogP) is 1.28. The minimum absolute atomic E-state index is 0.169. The fraction of sp³-hybridized carbons (Fsp3) is 0.529. The largest absolute Gasteiger partial charge is 0.369 e. The highest BCUT2D eigenvalue weighted by Crippen LogP contribution is 2.18. The van der Waals surface area contributed by atoms with Crippen molar-refractivity contribution in [2.45, 2.75) is 19.4 Å². The normalized spacial score (nSPS) is 21.3. The Morgan fingerprint density at radius 3 is 2.21 bits per heavy atom. The number of nitrogens with zero attached hydrogens (tertiary/aromatic N) is 3. The minimum Gasteiger partial charge on any atom is -0.369 e. The molecule has 130 valence electrons. The van der Waals surface area contributed by atoms with Crippen molar-refractivity contribution in [1.82, 2.24) is 15.1 Å². The summed E-state index contributed by atoms with van der Waals surface area (Å²) in [6.07, 6.45) is 0. The molecule has 0 atom stereocenters. The molecule has 6 nitrogen and oxygen atoms in total. The smallest absolute Gasteiger partial charge is 0.325 e. The average molecular weight is 334 g/mol. The average Bonchev–Trinajstić information content (AvgIpc) is 2.75. The number of carbonyl (C=O) groups is 2. The molecular weight excluding hydrogens is 311 g/mol. The molecule has 3 rings (SSSR count). The first-order chi connectivity index (χ1) is 11.4. The van der Waals surface area contributed by atoms with Gasteiger partial charge in [0.25, 0.3) is 5.91 Å². The van der Waals surface area contributed by atoms with E-state index in [0.29, 0.717) is 13.1 Å². The number of amides is 3. The summed E-state index contributed by atoms with van der Waals surface area (Å²) in [4.78, 5) is 29.8. The number of hydrogen-bond acceptors (Lipinski definition) is 4. The number of piperazine rings is 1. The highest BCUT2D eigenvalue weighted by molar-refractivity contribution is 6.06. The fourth-order valence-electron chi connectivity index (χ4n) is 3.14. The van der Waals surface area contributed by atoms with E-state index in [0.717, 1.165) is 31.9 Å². The Balaban J connectivity index is 1.48. The van der Waals surface area contributed by atoms with E-state index in [2.05, 4.69) is 15.1 Å². The number of anilines is 1. The predicted molar refractivity (Wildman–Crippen MR) is 89.4 cm³/mol. The molecule has 0 saturated carbocycles. The summed E-state index contributed by atoms with van der Waals surface area (Å²) in [7, 11) is 0. The van der Waals surface area contributed by atoms with Crippen molar-refractivity contribution in [2.24, 2.45) is 0 Å². The quantitative estimate of drug-likeness (QED) is 0.843. The molecule has 0 unspecified atom stereocenters. The number of rotatable bonds is 4. The fourth-order valence-corrected chi connectivity index (χ4v) is 3.14. The molecule has 1 aromatic rings. The van der Waals surface area contributed by atoms with Crippen LogP contribution in [0.25, 0.3) is 0 Å². The molecule has 0 aromatic heterocycles. The SMILES string of the molecule is CC1(C)NC(=O)N(CCN2CCN(c3ccc(F)cc3)CC2)C1=O. The molecule has 2 heterocycles. The molecule has 1 aromatic carbocycles. The number of urea groups is 1. The summed E-state index contributed by atoms with van der Waals surface area (Å²) in [5.74, 6) is -0.397. The molecule has 3 amide bonds. The second-order valence-electron chi connectivity index (χ2n) is 6.82. The van der Waals surface area contributed by atoms with E-state index in [1.165, 1.54) is 17.0 Å². The van der Waals surface area contributed by atoms with E-state index >= 15 is 0 Å². The van der Waals surface area contributed by atoms with E-state index in [4.69, 9.17) is 0 Å². The lowest BCUT2D eigenvalue weighted by Gasteiger charge is -2.36. The second-order valence-corrected chi connectivity index (χ2v) is 6.82. The third-order valence-corrected chi connectivity index (χ3v) is 4.65. The van der Waals surface area contributed by atoms with E-state index in [1.807, 2.05) is 0 Å². The number of hydrogen-bond donors (Lipinski definition) is 1. The van der Waals surface area contributed by atoms with Crippen molar-refractivity contribution in [3.8, 4) is 0 Å². The van der Waals surface area contributed by atoms with Gasteiger partial charge in [0.15, 0.2) is 0 Å². The monoisotopic (exact) mass is 334 g/mol. The Labute approximate surface area is 141 Å². The van der Waals surface area contributed by atoms with E-state index in [-0.39, 0.29) is 17.8 Å². The van der Waals surface area contributed by atoms with E-state index in [1.54, 1.807) is 26.0 Å². The molecule has 0 aliphatic carbocycles. The lowest BCUT2D eigenvalue weighted by molar-refractivity contribution is -0.130. The third kappa shape index (κ3) is 3.36. The van der Waals surface area contributed by atoms with Crippen LogP contribution in [0.2, 0.25) is 0 Å². The maximum Gasteiger partial charge on any atom is 0.325 e. The van der Waals surface area contributed by atoms with Crippen LogP contribution in [0.5, 0.6) is 0 Å². The second kappa shape index (κ2) is 6.39. The Kier molecular flexibility index (Phi) is 4.45. The number of halogens is 1. The number of benzene rings is 1. The Morgan fingerprint density at radius 2 is 1.67 bits per heavy atom. The first kappa shape index (κ1) is 16.7. The zero-order valence-corrected chi connectivity index (χ0v) is 14.1. The topological polar surface area (TPSA) is 55.9 Å². The van der Waals surface area contributed by atoms with E-state index < -0.39 is 5.54 Å². The Hall–Kier alpha value is -2.15. The summed E-state index contributed by atoms with van der Waals surface area (Å²) in [6, 6.07) is 6.22. The standard InChI is InChI=1S/C17H23FN4O2/c1-17(2)15(23)22(16(24)19-17)12-9-20-7-10-21(11-8-20)14-5-3-13(18)4-6-14/h3-6H,7-12H2,1-2H3,(H,19,24). The van der Waals surface area contributed by atoms with Gasteiger partial charge < -0.3 is 10.2 Å². The number of carbonyl (C=O) groups excluding carboxylic acids is 2. The van der Waals surface area contributed by atoms with Gasteiger partial charge in [-0.25, -0.2) is 9.18 Å². The van der Waals surface area contributed by atoms with Crippen molar-refractivity contribution < 1.29 is 14.0 Å². The van der Waals surface area contributed by atoms with Crippen LogP contribution in [0.1, 0.15) is 13.8 Å². The summed E-state index contributed by atoms with van der Waals surface area (Å²) in [6.45, 7) is 7.91. The van der Waals surface area contributed by atoms with Gasteiger partial charge in [-0.1, -0.05) is 0 Å². The summed E-state index contributed by atoms with van der Waals surface area (Å²) < 4.78 is 13.0. The van der Waals surface area contributed by atoms with E-state index in [9.17, 15) is 14.0 Å². The van der Waals surface area contributed by atoms with Crippen LogP contribution in [0.4, 0.5) is 14.9 Å². The van der Waals surface area contributed by atoms with Crippen LogP contribution in [-0.2, 0) is 4.79 Å². The number of nitrogens with one attached hydrogen (secondary N) is 1. The Morgan fingerprint density at radius 1 is 1.04 bits per heavy atom. The number of imide groups is 1.